The van der Waals surface area contributed by atoms with Crippen molar-refractivity contribution < 1.29 is 9.90 Å². The third-order valence-corrected chi connectivity index (χ3v) is 3.68. The number of carboxylic acid groups (broad SMARTS) is 1. The second kappa shape index (κ2) is 7.23. The van der Waals surface area contributed by atoms with Crippen molar-refractivity contribution >= 4 is 5.97 Å². The Morgan fingerprint density at radius 2 is 1.64 bits per heavy atom. The summed E-state index contributed by atoms with van der Waals surface area (Å²) in [6.45, 7) is 7.16. The van der Waals surface area contributed by atoms with Crippen molar-refractivity contribution in [3.05, 3.63) is 70.3 Å². The van der Waals surface area contributed by atoms with Gasteiger partial charge >= 0.3 is 5.97 Å². The van der Waals surface area contributed by atoms with Crippen molar-refractivity contribution in [3.63, 3.8) is 0 Å². The van der Waals surface area contributed by atoms with Gasteiger partial charge in [-0.25, -0.2) is 4.79 Å². The molecule has 1 atom stereocenters. The highest BCUT2D eigenvalue weighted by atomic mass is 16.4. The van der Waals surface area contributed by atoms with Crippen LogP contribution in [0.15, 0.2) is 42.5 Å². The first-order valence-electron chi connectivity index (χ1n) is 7.57. The summed E-state index contributed by atoms with van der Waals surface area (Å²) in [6, 6.07) is 14.0. The van der Waals surface area contributed by atoms with E-state index in [4.69, 9.17) is 5.11 Å². The molecule has 0 fully saturated rings. The van der Waals surface area contributed by atoms with Crippen molar-refractivity contribution in [2.75, 3.05) is 0 Å². The molecule has 0 saturated carbocycles. The summed E-state index contributed by atoms with van der Waals surface area (Å²) < 4.78 is 0. The smallest absolute Gasteiger partial charge is 0.335 e. The Morgan fingerprint density at radius 1 is 1.05 bits per heavy atom. The summed E-state index contributed by atoms with van der Waals surface area (Å²) in [5, 5.41) is 12.4. The van der Waals surface area contributed by atoms with Crippen molar-refractivity contribution in [2.45, 2.75) is 39.8 Å². The molecule has 0 bridgehead atoms. The van der Waals surface area contributed by atoms with Gasteiger partial charge in [0.1, 0.15) is 0 Å². The molecule has 2 rings (SSSR count). The Bertz CT molecular complexity index is 627. The second-order valence-corrected chi connectivity index (χ2v) is 5.98. The highest BCUT2D eigenvalue weighted by Crippen LogP contribution is 2.11. The largest absolute Gasteiger partial charge is 0.478 e. The molecule has 0 heterocycles. The van der Waals surface area contributed by atoms with Gasteiger partial charge in [0.05, 0.1) is 5.56 Å². The van der Waals surface area contributed by atoms with Gasteiger partial charge in [0.25, 0.3) is 0 Å². The normalized spacial score (nSPS) is 12.1. The topological polar surface area (TPSA) is 49.3 Å². The average molecular weight is 297 g/mol. The number of aromatic carboxylic acids is 1. The number of aryl methyl sites for hydroxylation is 2. The van der Waals surface area contributed by atoms with Crippen LogP contribution in [-0.2, 0) is 13.0 Å². The number of carbonyl (C=O) groups is 1. The van der Waals surface area contributed by atoms with Crippen LogP contribution >= 0.6 is 0 Å². The van der Waals surface area contributed by atoms with Crippen molar-refractivity contribution in [2.24, 2.45) is 0 Å². The van der Waals surface area contributed by atoms with Crippen molar-refractivity contribution in [1.29, 1.82) is 0 Å². The Balaban J connectivity index is 1.89. The first kappa shape index (κ1) is 16.2. The fourth-order valence-corrected chi connectivity index (χ4v) is 2.67. The summed E-state index contributed by atoms with van der Waals surface area (Å²) in [6.07, 6.45) is 0.982. The van der Waals surface area contributed by atoms with E-state index in [1.165, 1.54) is 16.7 Å². The molecule has 3 nitrogen and oxygen atoms in total. The van der Waals surface area contributed by atoms with Crippen LogP contribution in [0.4, 0.5) is 0 Å². The van der Waals surface area contributed by atoms with Crippen LogP contribution < -0.4 is 5.32 Å². The monoisotopic (exact) mass is 297 g/mol. The molecule has 0 amide bonds. The maximum Gasteiger partial charge on any atom is 0.335 e. The van der Waals surface area contributed by atoms with Crippen LogP contribution in [-0.4, -0.2) is 17.1 Å². The van der Waals surface area contributed by atoms with E-state index < -0.39 is 5.97 Å². The molecule has 0 aliphatic rings. The third kappa shape index (κ3) is 4.71. The fraction of sp³-hybridized carbons (Fsp3) is 0.316. The predicted octanol–water partition coefficient (Wildman–Crippen LogP) is 3.72. The third-order valence-electron chi connectivity index (χ3n) is 3.68. The zero-order valence-corrected chi connectivity index (χ0v) is 13.4. The molecule has 0 spiro atoms. The maximum absolute atomic E-state index is 10.8. The Morgan fingerprint density at radius 3 is 2.18 bits per heavy atom. The highest BCUT2D eigenvalue weighted by molar-refractivity contribution is 5.87. The standard InChI is InChI=1S/C19H23NO2/c1-13-8-14(2)10-17(9-13)11-15(3)20-12-16-4-6-18(7-5-16)19(21)22/h4-10,15,20H,11-12H2,1-3H3,(H,21,22). The number of rotatable bonds is 6. The van der Waals surface area contributed by atoms with E-state index in [1.54, 1.807) is 12.1 Å². The lowest BCUT2D eigenvalue weighted by Gasteiger charge is -2.15. The van der Waals surface area contributed by atoms with E-state index in [9.17, 15) is 4.79 Å². The Kier molecular flexibility index (Phi) is 5.34. The summed E-state index contributed by atoms with van der Waals surface area (Å²) in [4.78, 5) is 10.8. The minimum atomic E-state index is -0.886. The lowest BCUT2D eigenvalue weighted by molar-refractivity contribution is 0.0697. The molecule has 0 radical (unpaired) electrons. The molecule has 2 aromatic rings. The molecule has 0 aromatic heterocycles. The number of benzene rings is 2. The minimum Gasteiger partial charge on any atom is -0.478 e. The van der Waals surface area contributed by atoms with E-state index in [0.717, 1.165) is 18.5 Å². The van der Waals surface area contributed by atoms with Crippen LogP contribution in [0.3, 0.4) is 0 Å². The minimum absolute atomic E-state index is 0.326. The van der Waals surface area contributed by atoms with E-state index in [-0.39, 0.29) is 0 Å². The SMILES string of the molecule is Cc1cc(C)cc(CC(C)NCc2ccc(C(=O)O)cc2)c1. The van der Waals surface area contributed by atoms with Crippen LogP contribution in [0, 0.1) is 13.8 Å². The fourth-order valence-electron chi connectivity index (χ4n) is 2.67. The Hall–Kier alpha value is -2.13. The van der Waals surface area contributed by atoms with E-state index in [2.05, 4.69) is 44.3 Å². The van der Waals surface area contributed by atoms with Gasteiger partial charge < -0.3 is 10.4 Å². The molecule has 2 N–H and O–H groups in total. The van der Waals surface area contributed by atoms with Crippen LogP contribution in [0.25, 0.3) is 0 Å². The number of hydrogen-bond donors (Lipinski definition) is 2. The molecule has 22 heavy (non-hydrogen) atoms. The lowest BCUT2D eigenvalue weighted by atomic mass is 10.0. The van der Waals surface area contributed by atoms with Gasteiger partial charge in [-0.05, 0) is 50.5 Å². The molecular formula is C19H23NO2. The molecule has 116 valence electrons. The van der Waals surface area contributed by atoms with E-state index in [0.29, 0.717) is 11.6 Å². The molecule has 0 aliphatic heterocycles. The molecule has 2 aromatic carbocycles. The molecule has 1 unspecified atom stereocenters. The summed E-state index contributed by atoms with van der Waals surface area (Å²) in [5.74, 6) is -0.886. The van der Waals surface area contributed by atoms with Gasteiger partial charge in [-0.3, -0.25) is 0 Å². The second-order valence-electron chi connectivity index (χ2n) is 5.98. The average Bonchev–Trinajstić information content (AvgIpc) is 2.44. The molecule has 0 aliphatic carbocycles. The number of carboxylic acids is 1. The number of hydrogen-bond acceptors (Lipinski definition) is 2. The first-order chi connectivity index (χ1) is 10.4. The van der Waals surface area contributed by atoms with Crippen molar-refractivity contribution in [3.8, 4) is 0 Å². The number of nitrogens with one attached hydrogen (secondary N) is 1. The Labute approximate surface area is 132 Å². The predicted molar refractivity (Wildman–Crippen MR) is 89.3 cm³/mol. The molecule has 3 heteroatoms. The van der Waals surface area contributed by atoms with Gasteiger partial charge in [0.2, 0.25) is 0 Å². The van der Waals surface area contributed by atoms with Crippen LogP contribution in [0.5, 0.6) is 0 Å². The van der Waals surface area contributed by atoms with Gasteiger partial charge in [-0.15, -0.1) is 0 Å². The van der Waals surface area contributed by atoms with E-state index in [1.807, 2.05) is 12.1 Å². The van der Waals surface area contributed by atoms with Crippen LogP contribution in [0.2, 0.25) is 0 Å². The summed E-state index contributed by atoms with van der Waals surface area (Å²) >= 11 is 0. The van der Waals surface area contributed by atoms with Gasteiger partial charge in [-0.2, -0.15) is 0 Å². The summed E-state index contributed by atoms with van der Waals surface area (Å²) in [5.41, 5.74) is 5.36. The van der Waals surface area contributed by atoms with Gasteiger partial charge in [-0.1, -0.05) is 41.5 Å². The van der Waals surface area contributed by atoms with Crippen LogP contribution in [0.1, 0.15) is 39.5 Å². The van der Waals surface area contributed by atoms with E-state index >= 15 is 0 Å². The zero-order valence-electron chi connectivity index (χ0n) is 13.4. The van der Waals surface area contributed by atoms with Crippen molar-refractivity contribution in [1.82, 2.24) is 5.32 Å². The maximum atomic E-state index is 10.8. The van der Waals surface area contributed by atoms with Gasteiger partial charge in [0, 0.05) is 12.6 Å². The quantitative estimate of drug-likeness (QED) is 0.854. The van der Waals surface area contributed by atoms with Gasteiger partial charge in [0.15, 0.2) is 0 Å². The first-order valence-corrected chi connectivity index (χ1v) is 7.57. The highest BCUT2D eigenvalue weighted by Gasteiger charge is 2.06. The lowest BCUT2D eigenvalue weighted by Crippen LogP contribution is -2.27. The molecular weight excluding hydrogens is 274 g/mol. The summed E-state index contributed by atoms with van der Waals surface area (Å²) in [7, 11) is 0. The zero-order chi connectivity index (χ0) is 16.1. The molecule has 0 saturated heterocycles.